The molecule has 0 fully saturated rings. The van der Waals surface area contributed by atoms with Crippen LogP contribution in [0.5, 0.6) is 0 Å². The highest BCUT2D eigenvalue weighted by atomic mass is 35.5. The van der Waals surface area contributed by atoms with Crippen molar-refractivity contribution in [2.75, 3.05) is 5.32 Å². The largest absolute Gasteiger partial charge is 0.448 e. The molecule has 0 aromatic carbocycles. The molecule has 3 rings (SSSR count). The zero-order valence-corrected chi connectivity index (χ0v) is 15.3. The van der Waals surface area contributed by atoms with Crippen LogP contribution in [0.15, 0.2) is 40.5 Å². The van der Waals surface area contributed by atoms with Crippen LogP contribution in [-0.4, -0.2) is 27.9 Å². The minimum absolute atomic E-state index is 0.161. The first-order chi connectivity index (χ1) is 12.0. The minimum Gasteiger partial charge on any atom is -0.448 e. The zero-order chi connectivity index (χ0) is 17.8. The molecule has 1 atom stereocenters. The fourth-order valence-electron chi connectivity index (χ4n) is 1.87. The average Bonchev–Trinajstić information content (AvgIpc) is 3.28. The van der Waals surface area contributed by atoms with Gasteiger partial charge in [0.15, 0.2) is 17.0 Å². The van der Waals surface area contributed by atoms with Crippen molar-refractivity contribution in [3.05, 3.63) is 51.4 Å². The van der Waals surface area contributed by atoms with E-state index in [1.165, 1.54) is 24.5 Å². The standard InChI is InChI=1S/C16H12ClN3O3S2/c1-9(14(21)19-11-3-2-5-18-13(11)17)23-16(22)12-8-25-15(20-12)10-4-6-24-7-10/h2-9H,1H3,(H,19,21). The number of hydrogen-bond acceptors (Lipinski definition) is 7. The molecule has 0 saturated carbocycles. The number of anilines is 1. The van der Waals surface area contributed by atoms with E-state index in [0.717, 1.165) is 10.6 Å². The highest BCUT2D eigenvalue weighted by molar-refractivity contribution is 7.14. The molecule has 0 bridgehead atoms. The predicted molar refractivity (Wildman–Crippen MR) is 98.2 cm³/mol. The quantitative estimate of drug-likeness (QED) is 0.521. The molecule has 1 amide bonds. The Morgan fingerprint density at radius 1 is 1.32 bits per heavy atom. The predicted octanol–water partition coefficient (Wildman–Crippen LogP) is 4.10. The average molecular weight is 394 g/mol. The number of nitrogens with one attached hydrogen (secondary N) is 1. The van der Waals surface area contributed by atoms with Crippen LogP contribution in [0.25, 0.3) is 10.6 Å². The van der Waals surface area contributed by atoms with E-state index in [0.29, 0.717) is 5.69 Å². The van der Waals surface area contributed by atoms with E-state index in [2.05, 4.69) is 15.3 Å². The summed E-state index contributed by atoms with van der Waals surface area (Å²) in [5.41, 5.74) is 1.47. The Morgan fingerprint density at radius 3 is 2.88 bits per heavy atom. The van der Waals surface area contributed by atoms with Crippen LogP contribution in [0.3, 0.4) is 0 Å². The van der Waals surface area contributed by atoms with Gasteiger partial charge in [0.2, 0.25) is 0 Å². The number of pyridine rings is 1. The Morgan fingerprint density at radius 2 is 2.16 bits per heavy atom. The fraction of sp³-hybridized carbons (Fsp3) is 0.125. The first-order valence-electron chi connectivity index (χ1n) is 7.15. The first kappa shape index (κ1) is 17.5. The van der Waals surface area contributed by atoms with Crippen LogP contribution in [0.1, 0.15) is 17.4 Å². The summed E-state index contributed by atoms with van der Waals surface area (Å²) in [6, 6.07) is 5.17. The summed E-state index contributed by atoms with van der Waals surface area (Å²) in [6.07, 6.45) is 0.504. The van der Waals surface area contributed by atoms with Crippen LogP contribution >= 0.6 is 34.3 Å². The van der Waals surface area contributed by atoms with Gasteiger partial charge in [-0.25, -0.2) is 14.8 Å². The maximum absolute atomic E-state index is 12.2. The Labute approximate surface area is 156 Å². The van der Waals surface area contributed by atoms with Gasteiger partial charge < -0.3 is 10.1 Å². The van der Waals surface area contributed by atoms with E-state index >= 15 is 0 Å². The molecule has 25 heavy (non-hydrogen) atoms. The van der Waals surface area contributed by atoms with Gasteiger partial charge in [0.1, 0.15) is 5.01 Å². The van der Waals surface area contributed by atoms with Gasteiger partial charge in [-0.05, 0) is 30.5 Å². The Bertz CT molecular complexity index is 896. The van der Waals surface area contributed by atoms with Crippen LogP contribution < -0.4 is 5.32 Å². The number of carbonyl (C=O) groups excluding carboxylic acids is 2. The molecule has 3 aromatic heterocycles. The number of thiophene rings is 1. The van der Waals surface area contributed by atoms with Crippen LogP contribution in [0.4, 0.5) is 5.69 Å². The Balaban J connectivity index is 1.62. The summed E-state index contributed by atoms with van der Waals surface area (Å²) in [6.45, 7) is 1.48. The lowest BCUT2D eigenvalue weighted by molar-refractivity contribution is -0.123. The number of esters is 1. The fourth-order valence-corrected chi connectivity index (χ4v) is 3.54. The highest BCUT2D eigenvalue weighted by Gasteiger charge is 2.22. The lowest BCUT2D eigenvalue weighted by atomic mass is 10.3. The van der Waals surface area contributed by atoms with Crippen molar-refractivity contribution < 1.29 is 14.3 Å². The molecule has 0 aliphatic heterocycles. The van der Waals surface area contributed by atoms with E-state index in [4.69, 9.17) is 16.3 Å². The first-order valence-corrected chi connectivity index (χ1v) is 9.35. The normalized spacial score (nSPS) is 11.8. The molecule has 1 N–H and O–H groups in total. The molecule has 0 spiro atoms. The van der Waals surface area contributed by atoms with Gasteiger partial charge in [-0.1, -0.05) is 11.6 Å². The maximum Gasteiger partial charge on any atom is 0.358 e. The Hall–Kier alpha value is -2.29. The van der Waals surface area contributed by atoms with Crippen LogP contribution in [0.2, 0.25) is 5.15 Å². The zero-order valence-electron chi connectivity index (χ0n) is 12.9. The summed E-state index contributed by atoms with van der Waals surface area (Å²) in [5.74, 6) is -1.16. The number of aromatic nitrogens is 2. The third kappa shape index (κ3) is 4.22. The van der Waals surface area contributed by atoms with Crippen molar-refractivity contribution in [1.82, 2.24) is 9.97 Å². The van der Waals surface area contributed by atoms with Gasteiger partial charge in [-0.15, -0.1) is 11.3 Å². The number of amides is 1. The van der Waals surface area contributed by atoms with Crippen molar-refractivity contribution in [2.24, 2.45) is 0 Å². The van der Waals surface area contributed by atoms with Gasteiger partial charge in [-0.2, -0.15) is 11.3 Å². The lowest BCUT2D eigenvalue weighted by Gasteiger charge is -2.13. The van der Waals surface area contributed by atoms with Crippen molar-refractivity contribution in [3.8, 4) is 10.6 Å². The number of rotatable bonds is 5. The smallest absolute Gasteiger partial charge is 0.358 e. The molecule has 9 heteroatoms. The molecule has 1 unspecified atom stereocenters. The van der Waals surface area contributed by atoms with E-state index in [1.807, 2.05) is 16.8 Å². The molecule has 0 aliphatic rings. The van der Waals surface area contributed by atoms with Gasteiger partial charge in [-0.3, -0.25) is 4.79 Å². The number of hydrogen-bond donors (Lipinski definition) is 1. The second kappa shape index (κ2) is 7.73. The lowest BCUT2D eigenvalue weighted by Crippen LogP contribution is -2.30. The van der Waals surface area contributed by atoms with Crippen molar-refractivity contribution in [3.63, 3.8) is 0 Å². The molecule has 0 radical (unpaired) electrons. The van der Waals surface area contributed by atoms with Gasteiger partial charge in [0.25, 0.3) is 5.91 Å². The molecule has 6 nitrogen and oxygen atoms in total. The number of ether oxygens (including phenoxy) is 1. The van der Waals surface area contributed by atoms with Crippen molar-refractivity contribution >= 4 is 51.8 Å². The van der Waals surface area contributed by atoms with Gasteiger partial charge >= 0.3 is 5.97 Å². The van der Waals surface area contributed by atoms with E-state index in [-0.39, 0.29) is 10.8 Å². The number of thiazole rings is 1. The topological polar surface area (TPSA) is 81.2 Å². The third-order valence-electron chi connectivity index (χ3n) is 3.15. The minimum atomic E-state index is -1.00. The summed E-state index contributed by atoms with van der Waals surface area (Å²) in [4.78, 5) is 32.4. The van der Waals surface area contributed by atoms with E-state index < -0.39 is 18.0 Å². The van der Waals surface area contributed by atoms with Gasteiger partial charge in [0, 0.05) is 22.5 Å². The summed E-state index contributed by atoms with van der Waals surface area (Å²) >= 11 is 8.78. The van der Waals surface area contributed by atoms with Crippen LogP contribution in [-0.2, 0) is 9.53 Å². The number of nitrogens with zero attached hydrogens (tertiary/aromatic N) is 2. The van der Waals surface area contributed by atoms with Crippen molar-refractivity contribution in [2.45, 2.75) is 13.0 Å². The summed E-state index contributed by atoms with van der Waals surface area (Å²) in [5, 5.41) is 8.95. The molecule has 3 heterocycles. The molecule has 3 aromatic rings. The van der Waals surface area contributed by atoms with E-state index in [1.54, 1.807) is 28.8 Å². The molecule has 0 aliphatic carbocycles. The van der Waals surface area contributed by atoms with Gasteiger partial charge in [0.05, 0.1) is 5.69 Å². The second-order valence-electron chi connectivity index (χ2n) is 4.93. The SMILES string of the molecule is CC(OC(=O)c1csc(-c2ccsc2)n1)C(=O)Nc1cccnc1Cl. The molecule has 128 valence electrons. The second-order valence-corrected chi connectivity index (χ2v) is 6.92. The van der Waals surface area contributed by atoms with Crippen molar-refractivity contribution in [1.29, 1.82) is 0 Å². The maximum atomic E-state index is 12.2. The number of halogens is 1. The highest BCUT2D eigenvalue weighted by Crippen LogP contribution is 2.26. The number of carbonyl (C=O) groups is 2. The molecular weight excluding hydrogens is 382 g/mol. The Kier molecular flexibility index (Phi) is 5.42. The summed E-state index contributed by atoms with van der Waals surface area (Å²) < 4.78 is 5.17. The monoisotopic (exact) mass is 393 g/mol. The third-order valence-corrected chi connectivity index (χ3v) is 5.03. The molecule has 0 saturated heterocycles. The van der Waals surface area contributed by atoms with Crippen LogP contribution in [0, 0.1) is 0 Å². The van der Waals surface area contributed by atoms with E-state index in [9.17, 15) is 9.59 Å². The summed E-state index contributed by atoms with van der Waals surface area (Å²) in [7, 11) is 0. The molecular formula is C16H12ClN3O3S2.